The van der Waals surface area contributed by atoms with E-state index in [1.54, 1.807) is 0 Å². The number of oxime groups is 1. The van der Waals surface area contributed by atoms with E-state index in [0.717, 1.165) is 25.7 Å². The number of carbonyl (C=O) groups is 1. The molecule has 0 bridgehead atoms. The highest BCUT2D eigenvalue weighted by Crippen LogP contribution is 2.27. The number of amidine groups is 1. The van der Waals surface area contributed by atoms with Gasteiger partial charge in [-0.25, -0.2) is 0 Å². The maximum Gasteiger partial charge on any atom is 0.223 e. The Morgan fingerprint density at radius 3 is 2.32 bits per heavy atom. The highest BCUT2D eigenvalue weighted by molar-refractivity contribution is 5.90. The van der Waals surface area contributed by atoms with Crippen molar-refractivity contribution < 1.29 is 10.0 Å². The zero-order valence-corrected chi connectivity index (χ0v) is 12.2. The Morgan fingerprint density at radius 2 is 1.84 bits per heavy atom. The van der Waals surface area contributed by atoms with Crippen molar-refractivity contribution in [2.24, 2.45) is 28.6 Å². The summed E-state index contributed by atoms with van der Waals surface area (Å²) in [5.41, 5.74) is 5.76. The summed E-state index contributed by atoms with van der Waals surface area (Å²) in [6, 6.07) is -0.334. The van der Waals surface area contributed by atoms with Crippen LogP contribution in [-0.2, 0) is 4.79 Å². The highest BCUT2D eigenvalue weighted by atomic mass is 16.4. The first-order chi connectivity index (χ1) is 8.97. The maximum absolute atomic E-state index is 12.2. The van der Waals surface area contributed by atoms with Crippen molar-refractivity contribution >= 4 is 11.7 Å². The smallest absolute Gasteiger partial charge is 0.223 e. The number of hydrogen-bond acceptors (Lipinski definition) is 3. The number of nitrogens with two attached hydrogens (primary N) is 1. The minimum Gasteiger partial charge on any atom is -0.409 e. The van der Waals surface area contributed by atoms with Crippen LogP contribution >= 0.6 is 0 Å². The van der Waals surface area contributed by atoms with Crippen LogP contribution in [0.2, 0.25) is 0 Å². The zero-order chi connectivity index (χ0) is 14.4. The molecule has 5 heteroatoms. The number of hydrogen-bond donors (Lipinski definition) is 3. The van der Waals surface area contributed by atoms with Gasteiger partial charge < -0.3 is 16.3 Å². The predicted molar refractivity (Wildman–Crippen MR) is 75.9 cm³/mol. The number of rotatable bonds is 5. The lowest BCUT2D eigenvalue weighted by Crippen LogP contribution is -2.51. The van der Waals surface area contributed by atoms with Gasteiger partial charge in [-0.3, -0.25) is 4.79 Å². The predicted octanol–water partition coefficient (Wildman–Crippen LogP) is 2.09. The molecule has 110 valence electrons. The first kappa shape index (κ1) is 15.8. The molecule has 19 heavy (non-hydrogen) atoms. The SMILES string of the molecule is CC(C)C(C)C(=O)NC(C(N)=NO)C1CCCCC1. The van der Waals surface area contributed by atoms with E-state index in [4.69, 9.17) is 10.9 Å². The van der Waals surface area contributed by atoms with Gasteiger partial charge in [-0.1, -0.05) is 45.2 Å². The van der Waals surface area contributed by atoms with E-state index in [1.165, 1.54) is 6.42 Å². The molecule has 0 aliphatic heterocycles. The van der Waals surface area contributed by atoms with Crippen LogP contribution in [0.3, 0.4) is 0 Å². The van der Waals surface area contributed by atoms with Crippen molar-refractivity contribution in [1.29, 1.82) is 0 Å². The summed E-state index contributed by atoms with van der Waals surface area (Å²) in [5, 5.41) is 15.0. The molecular formula is C14H27N3O2. The van der Waals surface area contributed by atoms with Gasteiger partial charge in [0.1, 0.15) is 0 Å². The molecule has 0 heterocycles. The van der Waals surface area contributed by atoms with Gasteiger partial charge in [0.2, 0.25) is 5.91 Å². The molecule has 0 aromatic rings. The monoisotopic (exact) mass is 269 g/mol. The summed E-state index contributed by atoms with van der Waals surface area (Å²) >= 11 is 0. The largest absolute Gasteiger partial charge is 0.409 e. The third-order valence-corrected chi connectivity index (χ3v) is 4.27. The Morgan fingerprint density at radius 1 is 1.26 bits per heavy atom. The summed E-state index contributed by atoms with van der Waals surface area (Å²) in [6.07, 6.45) is 5.58. The van der Waals surface area contributed by atoms with E-state index in [9.17, 15) is 4.79 Å². The van der Waals surface area contributed by atoms with Crippen LogP contribution in [0.15, 0.2) is 5.16 Å². The maximum atomic E-state index is 12.2. The van der Waals surface area contributed by atoms with E-state index in [0.29, 0.717) is 0 Å². The minimum absolute atomic E-state index is 0.0165. The first-order valence-electron chi connectivity index (χ1n) is 7.25. The molecular weight excluding hydrogens is 242 g/mol. The molecule has 1 fully saturated rings. The number of nitrogens with zero attached hydrogens (tertiary/aromatic N) is 1. The molecule has 0 aromatic carbocycles. The number of amides is 1. The molecule has 2 unspecified atom stereocenters. The number of nitrogens with one attached hydrogen (secondary N) is 1. The van der Waals surface area contributed by atoms with Gasteiger partial charge in [0.05, 0.1) is 6.04 Å². The standard InChI is InChI=1S/C14H27N3O2/c1-9(2)10(3)14(18)16-12(13(15)17-19)11-7-5-4-6-8-11/h9-12,19H,4-8H2,1-3H3,(H2,15,17)(H,16,18). The van der Waals surface area contributed by atoms with Gasteiger partial charge in [0.15, 0.2) is 5.84 Å². The Balaban J connectivity index is 2.72. The topological polar surface area (TPSA) is 87.7 Å². The van der Waals surface area contributed by atoms with E-state index >= 15 is 0 Å². The molecule has 1 aliphatic carbocycles. The highest BCUT2D eigenvalue weighted by Gasteiger charge is 2.30. The molecule has 5 nitrogen and oxygen atoms in total. The summed E-state index contributed by atoms with van der Waals surface area (Å²) in [7, 11) is 0. The lowest BCUT2D eigenvalue weighted by molar-refractivity contribution is -0.126. The molecule has 0 radical (unpaired) electrons. The molecule has 1 saturated carbocycles. The molecule has 1 aliphatic rings. The van der Waals surface area contributed by atoms with E-state index in [-0.39, 0.29) is 35.5 Å². The van der Waals surface area contributed by atoms with Crippen LogP contribution in [0.1, 0.15) is 52.9 Å². The van der Waals surface area contributed by atoms with E-state index < -0.39 is 0 Å². The Hall–Kier alpha value is -1.26. The average Bonchev–Trinajstić information content (AvgIpc) is 2.43. The Bertz CT molecular complexity index is 323. The van der Waals surface area contributed by atoms with Gasteiger partial charge in [0, 0.05) is 5.92 Å². The second-order valence-corrected chi connectivity index (χ2v) is 5.94. The van der Waals surface area contributed by atoms with Crippen molar-refractivity contribution in [1.82, 2.24) is 5.32 Å². The molecule has 1 amide bonds. The summed E-state index contributed by atoms with van der Waals surface area (Å²) < 4.78 is 0. The van der Waals surface area contributed by atoms with E-state index in [1.807, 2.05) is 20.8 Å². The molecule has 0 saturated heterocycles. The summed E-state index contributed by atoms with van der Waals surface area (Å²) in [5.74, 6) is 0.596. The molecule has 2 atom stereocenters. The first-order valence-corrected chi connectivity index (χ1v) is 7.25. The van der Waals surface area contributed by atoms with Crippen molar-refractivity contribution in [3.8, 4) is 0 Å². The lowest BCUT2D eigenvalue weighted by Gasteiger charge is -2.31. The summed E-state index contributed by atoms with van der Waals surface area (Å²) in [6.45, 7) is 5.94. The van der Waals surface area contributed by atoms with Crippen molar-refractivity contribution in [3.63, 3.8) is 0 Å². The summed E-state index contributed by atoms with van der Waals surface area (Å²) in [4.78, 5) is 12.2. The van der Waals surface area contributed by atoms with Crippen LogP contribution in [0.25, 0.3) is 0 Å². The van der Waals surface area contributed by atoms with E-state index in [2.05, 4.69) is 10.5 Å². The molecule has 0 aromatic heterocycles. The van der Waals surface area contributed by atoms with Gasteiger partial charge in [-0.2, -0.15) is 0 Å². The fourth-order valence-electron chi connectivity index (χ4n) is 2.55. The van der Waals surface area contributed by atoms with Crippen LogP contribution in [0, 0.1) is 17.8 Å². The van der Waals surface area contributed by atoms with Gasteiger partial charge in [-0.15, -0.1) is 0 Å². The minimum atomic E-state index is -0.334. The molecule has 4 N–H and O–H groups in total. The van der Waals surface area contributed by atoms with Crippen LogP contribution in [-0.4, -0.2) is 23.0 Å². The van der Waals surface area contributed by atoms with Gasteiger partial charge >= 0.3 is 0 Å². The molecule has 0 spiro atoms. The second-order valence-electron chi connectivity index (χ2n) is 5.94. The van der Waals surface area contributed by atoms with Gasteiger partial charge in [-0.05, 0) is 24.7 Å². The quantitative estimate of drug-likeness (QED) is 0.309. The average molecular weight is 269 g/mol. The third-order valence-electron chi connectivity index (χ3n) is 4.27. The normalized spacial score (nSPS) is 21.2. The zero-order valence-electron chi connectivity index (χ0n) is 12.2. The Kier molecular flexibility index (Phi) is 6.12. The van der Waals surface area contributed by atoms with Crippen LogP contribution < -0.4 is 11.1 Å². The number of carbonyl (C=O) groups excluding carboxylic acids is 1. The second kappa shape index (κ2) is 7.36. The third kappa shape index (κ3) is 4.40. The van der Waals surface area contributed by atoms with Crippen molar-refractivity contribution in [2.45, 2.75) is 58.9 Å². The lowest BCUT2D eigenvalue weighted by atomic mass is 9.83. The fraction of sp³-hybridized carbons (Fsp3) is 0.857. The van der Waals surface area contributed by atoms with Gasteiger partial charge in [0.25, 0.3) is 0 Å². The fourth-order valence-corrected chi connectivity index (χ4v) is 2.55. The van der Waals surface area contributed by atoms with Crippen LogP contribution in [0.5, 0.6) is 0 Å². The van der Waals surface area contributed by atoms with Crippen LogP contribution in [0.4, 0.5) is 0 Å². The van der Waals surface area contributed by atoms with Crippen molar-refractivity contribution in [3.05, 3.63) is 0 Å². The van der Waals surface area contributed by atoms with Crippen molar-refractivity contribution in [2.75, 3.05) is 0 Å². The Labute approximate surface area is 115 Å². The molecule has 1 rings (SSSR count).